The van der Waals surface area contributed by atoms with E-state index in [4.69, 9.17) is 0 Å². The first-order valence-electron chi connectivity index (χ1n) is 8.68. The summed E-state index contributed by atoms with van der Waals surface area (Å²) >= 11 is 0. The molecule has 4 rings (SSSR count). The minimum Gasteiger partial charge on any atom is -0.388 e. The van der Waals surface area contributed by atoms with Crippen LogP contribution in [0.25, 0.3) is 0 Å². The van der Waals surface area contributed by atoms with E-state index in [1.807, 2.05) is 37.4 Å². The summed E-state index contributed by atoms with van der Waals surface area (Å²) in [7, 11) is 1.92. The molecule has 4 heteroatoms. The van der Waals surface area contributed by atoms with E-state index in [9.17, 15) is 4.39 Å². The highest BCUT2D eigenvalue weighted by atomic mass is 19.1. The molecule has 2 N–H and O–H groups in total. The van der Waals surface area contributed by atoms with Gasteiger partial charge < -0.3 is 10.7 Å². The average molecular weight is 345 g/mol. The number of rotatable bonds is 4. The van der Waals surface area contributed by atoms with E-state index in [1.165, 1.54) is 17.7 Å². The van der Waals surface area contributed by atoms with Crippen molar-refractivity contribution in [2.24, 2.45) is 5.10 Å². The zero-order valence-electron chi connectivity index (χ0n) is 14.5. The number of hydrazone groups is 1. The topological polar surface area (TPSA) is 36.4 Å². The summed E-state index contributed by atoms with van der Waals surface area (Å²) in [6.45, 7) is 0. The van der Waals surface area contributed by atoms with Crippen LogP contribution < -0.4 is 10.7 Å². The van der Waals surface area contributed by atoms with E-state index < -0.39 is 0 Å². The molecule has 26 heavy (non-hydrogen) atoms. The molecule has 0 fully saturated rings. The molecule has 1 aliphatic heterocycles. The molecular weight excluding hydrogens is 325 g/mol. The summed E-state index contributed by atoms with van der Waals surface area (Å²) in [6, 6.07) is 25.1. The third-order valence-electron chi connectivity index (χ3n) is 4.82. The van der Waals surface area contributed by atoms with Gasteiger partial charge in [-0.05, 0) is 34.9 Å². The van der Waals surface area contributed by atoms with Crippen molar-refractivity contribution in [3.8, 4) is 0 Å². The summed E-state index contributed by atoms with van der Waals surface area (Å²) in [5.74, 6) is -0.224. The van der Waals surface area contributed by atoms with Crippen LogP contribution in [0.5, 0.6) is 0 Å². The molecule has 0 bridgehead atoms. The lowest BCUT2D eigenvalue weighted by molar-refractivity contribution is 0.574. The summed E-state index contributed by atoms with van der Waals surface area (Å²) < 4.78 is 13.4. The average Bonchev–Trinajstić information content (AvgIpc) is 3.14. The summed E-state index contributed by atoms with van der Waals surface area (Å²) in [5, 5.41) is 7.93. The third-order valence-corrected chi connectivity index (χ3v) is 4.82. The summed E-state index contributed by atoms with van der Waals surface area (Å²) in [5.41, 5.74) is 8.55. The molecule has 2 atom stereocenters. The Morgan fingerprint density at radius 1 is 0.885 bits per heavy atom. The van der Waals surface area contributed by atoms with Crippen LogP contribution in [-0.2, 0) is 0 Å². The normalized spacial score (nSPS) is 18.9. The van der Waals surface area contributed by atoms with Gasteiger partial charge in [-0.25, -0.2) is 4.39 Å². The van der Waals surface area contributed by atoms with E-state index in [-0.39, 0.29) is 17.8 Å². The molecular formula is C22H20FN3. The largest absolute Gasteiger partial charge is 0.388 e. The fourth-order valence-electron chi connectivity index (χ4n) is 3.56. The Morgan fingerprint density at radius 3 is 2.31 bits per heavy atom. The molecule has 3 aromatic carbocycles. The second-order valence-electron chi connectivity index (χ2n) is 6.34. The molecule has 2 unspecified atom stereocenters. The fraction of sp³-hybridized carbons (Fsp3) is 0.136. The van der Waals surface area contributed by atoms with Crippen LogP contribution in [0.3, 0.4) is 0 Å². The van der Waals surface area contributed by atoms with Crippen molar-refractivity contribution in [3.05, 3.63) is 101 Å². The number of nitrogens with one attached hydrogen (secondary N) is 2. The maximum absolute atomic E-state index is 13.4. The molecule has 0 aromatic heterocycles. The third kappa shape index (κ3) is 2.94. The predicted octanol–water partition coefficient (Wildman–Crippen LogP) is 4.70. The van der Waals surface area contributed by atoms with Crippen LogP contribution >= 0.6 is 0 Å². The van der Waals surface area contributed by atoms with Crippen molar-refractivity contribution < 1.29 is 4.39 Å². The SMILES string of the molecule is CNc1ccccc1C1C(c2ccc(F)cc2)=NNC1c1ccccc1. The predicted molar refractivity (Wildman–Crippen MR) is 104 cm³/mol. The van der Waals surface area contributed by atoms with Gasteiger partial charge in [0, 0.05) is 12.7 Å². The van der Waals surface area contributed by atoms with Crippen LogP contribution in [0.1, 0.15) is 28.7 Å². The van der Waals surface area contributed by atoms with Gasteiger partial charge in [-0.1, -0.05) is 60.7 Å². The molecule has 3 nitrogen and oxygen atoms in total. The van der Waals surface area contributed by atoms with Crippen LogP contribution in [-0.4, -0.2) is 12.8 Å². The molecule has 1 heterocycles. The Balaban J connectivity index is 1.82. The maximum atomic E-state index is 13.4. The van der Waals surface area contributed by atoms with E-state index in [1.54, 1.807) is 12.1 Å². The molecule has 3 aromatic rings. The molecule has 130 valence electrons. The summed E-state index contributed by atoms with van der Waals surface area (Å²) in [6.07, 6.45) is 0. The number of anilines is 1. The van der Waals surface area contributed by atoms with Crippen LogP contribution in [0.2, 0.25) is 0 Å². The Kier molecular flexibility index (Phi) is 4.40. The molecule has 0 spiro atoms. The lowest BCUT2D eigenvalue weighted by atomic mass is 9.81. The smallest absolute Gasteiger partial charge is 0.123 e. The van der Waals surface area contributed by atoms with Crippen LogP contribution in [0, 0.1) is 5.82 Å². The van der Waals surface area contributed by atoms with Gasteiger partial charge in [-0.3, -0.25) is 0 Å². The van der Waals surface area contributed by atoms with Gasteiger partial charge >= 0.3 is 0 Å². The zero-order chi connectivity index (χ0) is 17.9. The fourth-order valence-corrected chi connectivity index (χ4v) is 3.56. The molecule has 0 amide bonds. The Bertz CT molecular complexity index is 920. The van der Waals surface area contributed by atoms with Gasteiger partial charge in [0.05, 0.1) is 17.7 Å². The van der Waals surface area contributed by atoms with E-state index in [0.29, 0.717) is 0 Å². The second kappa shape index (κ2) is 7.00. The van der Waals surface area contributed by atoms with E-state index in [2.05, 4.69) is 40.1 Å². The van der Waals surface area contributed by atoms with Crippen LogP contribution in [0.15, 0.2) is 84.0 Å². The van der Waals surface area contributed by atoms with Gasteiger partial charge in [0.1, 0.15) is 5.82 Å². The molecule has 0 aliphatic carbocycles. The zero-order valence-corrected chi connectivity index (χ0v) is 14.5. The number of hydrogen-bond donors (Lipinski definition) is 2. The van der Waals surface area contributed by atoms with Crippen molar-refractivity contribution in [1.29, 1.82) is 0 Å². The monoisotopic (exact) mass is 345 g/mol. The summed E-state index contributed by atoms with van der Waals surface area (Å²) in [4.78, 5) is 0. The molecule has 0 saturated heterocycles. The standard InChI is InChI=1S/C22H20FN3/c1-24-19-10-6-5-9-18(19)20-21(15-7-3-2-4-8-15)25-26-22(20)16-11-13-17(23)14-12-16/h2-14,20-21,24-25H,1H3. The Hall–Kier alpha value is -3.14. The van der Waals surface area contributed by atoms with Gasteiger partial charge in [-0.15, -0.1) is 0 Å². The van der Waals surface area contributed by atoms with Gasteiger partial charge in [-0.2, -0.15) is 5.10 Å². The van der Waals surface area contributed by atoms with Crippen molar-refractivity contribution in [1.82, 2.24) is 5.43 Å². The van der Waals surface area contributed by atoms with Crippen molar-refractivity contribution in [2.45, 2.75) is 12.0 Å². The van der Waals surface area contributed by atoms with Crippen LogP contribution in [0.4, 0.5) is 10.1 Å². The first-order chi connectivity index (χ1) is 12.8. The number of para-hydroxylation sites is 1. The molecule has 0 radical (unpaired) electrons. The first kappa shape index (κ1) is 16.3. The molecule has 1 aliphatic rings. The maximum Gasteiger partial charge on any atom is 0.123 e. The Morgan fingerprint density at radius 2 is 1.58 bits per heavy atom. The first-order valence-corrected chi connectivity index (χ1v) is 8.68. The number of benzene rings is 3. The molecule has 0 saturated carbocycles. The highest BCUT2D eigenvalue weighted by Crippen LogP contribution is 2.40. The minimum atomic E-state index is -0.243. The second-order valence-corrected chi connectivity index (χ2v) is 6.34. The van der Waals surface area contributed by atoms with Crippen molar-refractivity contribution >= 4 is 11.4 Å². The Labute approximate surface area is 152 Å². The minimum absolute atomic E-state index is 0.0192. The highest BCUT2D eigenvalue weighted by molar-refractivity contribution is 6.07. The van der Waals surface area contributed by atoms with Crippen molar-refractivity contribution in [2.75, 3.05) is 12.4 Å². The van der Waals surface area contributed by atoms with Gasteiger partial charge in [0.15, 0.2) is 0 Å². The number of nitrogens with zero attached hydrogens (tertiary/aromatic N) is 1. The number of halogens is 1. The van der Waals surface area contributed by atoms with Gasteiger partial charge in [0.2, 0.25) is 0 Å². The van der Waals surface area contributed by atoms with E-state index >= 15 is 0 Å². The highest BCUT2D eigenvalue weighted by Gasteiger charge is 2.36. The number of hydrogen-bond acceptors (Lipinski definition) is 3. The van der Waals surface area contributed by atoms with E-state index in [0.717, 1.165) is 22.5 Å². The lowest BCUT2D eigenvalue weighted by Crippen LogP contribution is -2.21. The van der Waals surface area contributed by atoms with Crippen molar-refractivity contribution in [3.63, 3.8) is 0 Å². The lowest BCUT2D eigenvalue weighted by Gasteiger charge is -2.24. The van der Waals surface area contributed by atoms with Gasteiger partial charge in [0.25, 0.3) is 0 Å². The quantitative estimate of drug-likeness (QED) is 0.719.